The molecule has 14 heavy (non-hydrogen) atoms. The molecule has 0 saturated carbocycles. The molecule has 0 amide bonds. The fourth-order valence-electron chi connectivity index (χ4n) is 2.09. The zero-order valence-corrected chi connectivity index (χ0v) is 9.71. The smallest absolute Gasteiger partial charge is 0.0230 e. The summed E-state index contributed by atoms with van der Waals surface area (Å²) in [6, 6.07) is 0.687. The molecule has 84 valence electrons. The highest BCUT2D eigenvalue weighted by Gasteiger charge is 2.25. The van der Waals surface area contributed by atoms with Gasteiger partial charge in [-0.2, -0.15) is 0 Å². The molecule has 1 saturated heterocycles. The molecule has 0 aromatic heterocycles. The Balaban J connectivity index is 2.03. The Hall–Kier alpha value is -0.120. The summed E-state index contributed by atoms with van der Waals surface area (Å²) in [5, 5.41) is 0. The molecule has 1 atom stereocenters. The summed E-state index contributed by atoms with van der Waals surface area (Å²) in [5.74, 6) is 0. The first-order valence-electron chi connectivity index (χ1n) is 5.98. The molecule has 0 radical (unpaired) electrons. The van der Waals surface area contributed by atoms with Crippen LogP contribution >= 0.6 is 0 Å². The number of likely N-dealkylation sites (tertiary alicyclic amines) is 1. The Kier molecular flexibility index (Phi) is 5.45. The maximum absolute atomic E-state index is 5.66. The molecule has 1 heterocycles. The predicted octanol–water partition coefficient (Wildman–Crippen LogP) is 0.751. The summed E-state index contributed by atoms with van der Waals surface area (Å²) in [6.45, 7) is 11.4. The van der Waals surface area contributed by atoms with Crippen LogP contribution in [-0.4, -0.2) is 55.1 Å². The van der Waals surface area contributed by atoms with Gasteiger partial charge >= 0.3 is 0 Å². The molecular weight excluding hydrogens is 174 g/mol. The van der Waals surface area contributed by atoms with E-state index in [1.807, 2.05) is 0 Å². The molecule has 1 fully saturated rings. The lowest BCUT2D eigenvalue weighted by Gasteiger charge is -2.40. The molecule has 1 aliphatic heterocycles. The van der Waals surface area contributed by atoms with Crippen molar-refractivity contribution in [1.29, 1.82) is 0 Å². The van der Waals surface area contributed by atoms with Crippen molar-refractivity contribution in [3.05, 3.63) is 0 Å². The van der Waals surface area contributed by atoms with Gasteiger partial charge < -0.3 is 10.6 Å². The molecule has 3 heteroatoms. The summed E-state index contributed by atoms with van der Waals surface area (Å²) in [4.78, 5) is 5.00. The fraction of sp³-hybridized carbons (Fsp3) is 1.00. The maximum atomic E-state index is 5.66. The number of nitrogens with zero attached hydrogens (tertiary/aromatic N) is 2. The van der Waals surface area contributed by atoms with E-state index >= 15 is 0 Å². The second kappa shape index (κ2) is 6.38. The van der Waals surface area contributed by atoms with Crippen LogP contribution < -0.4 is 5.73 Å². The van der Waals surface area contributed by atoms with E-state index in [1.54, 1.807) is 0 Å². The van der Waals surface area contributed by atoms with Crippen LogP contribution in [0.5, 0.6) is 0 Å². The lowest BCUT2D eigenvalue weighted by Crippen LogP contribution is -2.52. The molecular formula is C11H25N3. The third-order valence-electron chi connectivity index (χ3n) is 3.35. The standard InChI is InChI=1S/C11H25N3/c1-3-13(4-2)7-5-8-14-9-6-11(14)10-12/h11H,3-10,12H2,1-2H3. The second-order valence-electron chi connectivity index (χ2n) is 4.09. The van der Waals surface area contributed by atoms with Gasteiger partial charge in [0.25, 0.3) is 0 Å². The van der Waals surface area contributed by atoms with Crippen molar-refractivity contribution in [2.75, 3.05) is 39.3 Å². The Morgan fingerprint density at radius 3 is 2.50 bits per heavy atom. The molecule has 0 aliphatic carbocycles. The molecule has 1 aliphatic rings. The first-order valence-corrected chi connectivity index (χ1v) is 5.98. The minimum Gasteiger partial charge on any atom is -0.329 e. The molecule has 0 aromatic carbocycles. The lowest BCUT2D eigenvalue weighted by atomic mass is 10.0. The number of rotatable bonds is 7. The Bertz CT molecular complexity index is 143. The van der Waals surface area contributed by atoms with Crippen LogP contribution in [0.4, 0.5) is 0 Å². The molecule has 0 bridgehead atoms. The highest BCUT2D eigenvalue weighted by Crippen LogP contribution is 2.15. The van der Waals surface area contributed by atoms with Crippen molar-refractivity contribution in [2.45, 2.75) is 32.7 Å². The van der Waals surface area contributed by atoms with E-state index in [9.17, 15) is 0 Å². The highest BCUT2D eigenvalue weighted by atomic mass is 15.2. The van der Waals surface area contributed by atoms with Crippen LogP contribution in [0.15, 0.2) is 0 Å². The third kappa shape index (κ3) is 3.23. The van der Waals surface area contributed by atoms with E-state index in [0.29, 0.717) is 6.04 Å². The third-order valence-corrected chi connectivity index (χ3v) is 3.35. The van der Waals surface area contributed by atoms with E-state index in [0.717, 1.165) is 6.54 Å². The van der Waals surface area contributed by atoms with Gasteiger partial charge in [-0.25, -0.2) is 0 Å². The Labute approximate surface area is 88.2 Å². The van der Waals surface area contributed by atoms with Gasteiger partial charge in [-0.1, -0.05) is 13.8 Å². The average Bonchev–Trinajstić information content (AvgIpc) is 2.17. The normalized spacial score (nSPS) is 22.7. The van der Waals surface area contributed by atoms with E-state index in [2.05, 4.69) is 23.6 Å². The molecule has 3 nitrogen and oxygen atoms in total. The Morgan fingerprint density at radius 2 is 2.07 bits per heavy atom. The van der Waals surface area contributed by atoms with Gasteiger partial charge in [0.15, 0.2) is 0 Å². The van der Waals surface area contributed by atoms with Crippen molar-refractivity contribution < 1.29 is 0 Å². The highest BCUT2D eigenvalue weighted by molar-refractivity contribution is 4.83. The molecule has 0 spiro atoms. The van der Waals surface area contributed by atoms with Gasteiger partial charge in [-0.3, -0.25) is 4.90 Å². The van der Waals surface area contributed by atoms with Gasteiger partial charge in [0.1, 0.15) is 0 Å². The van der Waals surface area contributed by atoms with Crippen molar-refractivity contribution in [3.8, 4) is 0 Å². The summed E-state index contributed by atoms with van der Waals surface area (Å²) in [5.41, 5.74) is 5.66. The molecule has 2 N–H and O–H groups in total. The van der Waals surface area contributed by atoms with E-state index in [1.165, 1.54) is 45.6 Å². The van der Waals surface area contributed by atoms with Gasteiger partial charge in [-0.15, -0.1) is 0 Å². The number of hydrogen-bond acceptors (Lipinski definition) is 3. The second-order valence-corrected chi connectivity index (χ2v) is 4.09. The van der Waals surface area contributed by atoms with Crippen molar-refractivity contribution in [1.82, 2.24) is 9.80 Å². The monoisotopic (exact) mass is 199 g/mol. The lowest BCUT2D eigenvalue weighted by molar-refractivity contribution is 0.0909. The van der Waals surface area contributed by atoms with E-state index < -0.39 is 0 Å². The SMILES string of the molecule is CCN(CC)CCCN1CCC1CN. The molecule has 1 unspecified atom stereocenters. The zero-order chi connectivity index (χ0) is 10.4. The van der Waals surface area contributed by atoms with Crippen LogP contribution in [0.3, 0.4) is 0 Å². The van der Waals surface area contributed by atoms with Crippen LogP contribution in [-0.2, 0) is 0 Å². The summed E-state index contributed by atoms with van der Waals surface area (Å²) in [6.07, 6.45) is 2.60. The van der Waals surface area contributed by atoms with Crippen molar-refractivity contribution >= 4 is 0 Å². The van der Waals surface area contributed by atoms with Crippen molar-refractivity contribution in [3.63, 3.8) is 0 Å². The van der Waals surface area contributed by atoms with Crippen molar-refractivity contribution in [2.24, 2.45) is 5.73 Å². The first-order chi connectivity index (χ1) is 6.81. The largest absolute Gasteiger partial charge is 0.329 e. The maximum Gasteiger partial charge on any atom is 0.0230 e. The first kappa shape index (κ1) is 12.0. The van der Waals surface area contributed by atoms with Crippen LogP contribution in [0.1, 0.15) is 26.7 Å². The average molecular weight is 199 g/mol. The zero-order valence-electron chi connectivity index (χ0n) is 9.71. The summed E-state index contributed by atoms with van der Waals surface area (Å²) >= 11 is 0. The van der Waals surface area contributed by atoms with Gasteiger partial charge in [0, 0.05) is 19.1 Å². The van der Waals surface area contributed by atoms with Crippen LogP contribution in [0.2, 0.25) is 0 Å². The quantitative estimate of drug-likeness (QED) is 0.657. The summed E-state index contributed by atoms with van der Waals surface area (Å²) in [7, 11) is 0. The molecule has 1 rings (SSSR count). The van der Waals surface area contributed by atoms with E-state index in [-0.39, 0.29) is 0 Å². The number of nitrogens with two attached hydrogens (primary N) is 1. The number of hydrogen-bond donors (Lipinski definition) is 1. The van der Waals surface area contributed by atoms with Gasteiger partial charge in [0.2, 0.25) is 0 Å². The van der Waals surface area contributed by atoms with Gasteiger partial charge in [-0.05, 0) is 39.0 Å². The van der Waals surface area contributed by atoms with E-state index in [4.69, 9.17) is 5.73 Å². The Morgan fingerprint density at radius 1 is 1.36 bits per heavy atom. The topological polar surface area (TPSA) is 32.5 Å². The molecule has 0 aromatic rings. The predicted molar refractivity (Wildman–Crippen MR) is 61.4 cm³/mol. The van der Waals surface area contributed by atoms with Crippen LogP contribution in [0.25, 0.3) is 0 Å². The fourth-order valence-corrected chi connectivity index (χ4v) is 2.09. The van der Waals surface area contributed by atoms with Crippen LogP contribution in [0, 0.1) is 0 Å². The van der Waals surface area contributed by atoms with Gasteiger partial charge in [0.05, 0.1) is 0 Å². The minimum absolute atomic E-state index is 0.687. The minimum atomic E-state index is 0.687. The summed E-state index contributed by atoms with van der Waals surface area (Å²) < 4.78 is 0.